The molecule has 2 bridgehead atoms. The lowest BCUT2D eigenvalue weighted by Crippen LogP contribution is -2.58. The maximum absolute atomic E-state index is 13.8. The van der Waals surface area contributed by atoms with Crippen LogP contribution in [0.3, 0.4) is 0 Å². The lowest BCUT2D eigenvalue weighted by Gasteiger charge is -2.46. The van der Waals surface area contributed by atoms with Crippen LogP contribution in [-0.2, 0) is 13.8 Å². The summed E-state index contributed by atoms with van der Waals surface area (Å²) in [6.07, 6.45) is 1.41. The molecule has 1 amide bonds. The van der Waals surface area contributed by atoms with Gasteiger partial charge in [0, 0.05) is 42.9 Å². The minimum atomic E-state index is -1.64. The maximum Gasteiger partial charge on any atom is 0.351 e. The van der Waals surface area contributed by atoms with E-state index in [0.29, 0.717) is 42.4 Å². The molecule has 2 aliphatic heterocycles. The summed E-state index contributed by atoms with van der Waals surface area (Å²) in [5, 5.41) is 6.99. The van der Waals surface area contributed by atoms with E-state index in [-0.39, 0.29) is 37.0 Å². The van der Waals surface area contributed by atoms with Gasteiger partial charge in [-0.2, -0.15) is 9.97 Å². The van der Waals surface area contributed by atoms with Crippen molar-refractivity contribution in [1.82, 2.24) is 24.4 Å². The fourth-order valence-corrected chi connectivity index (χ4v) is 8.13. The number of carbonyl (C=O) groups is 1. The Balaban J connectivity index is 1.56. The predicted octanol–water partition coefficient (Wildman–Crippen LogP) is 5.12. The van der Waals surface area contributed by atoms with Crippen LogP contribution in [0, 0.1) is 20.4 Å². The monoisotopic (exact) mass is 666 g/mol. The maximum atomic E-state index is 13.8. The molecular weight excluding hydrogens is 623 g/mol. The highest BCUT2D eigenvalue weighted by Gasteiger charge is 2.62. The van der Waals surface area contributed by atoms with Gasteiger partial charge in [0.15, 0.2) is 6.23 Å². The highest BCUT2D eigenvalue weighted by molar-refractivity contribution is 7.44. The first-order valence-corrected chi connectivity index (χ1v) is 17.0. The van der Waals surface area contributed by atoms with E-state index in [1.54, 1.807) is 44.3 Å². The molecule has 5 atom stereocenters. The number of benzene rings is 1. The van der Waals surface area contributed by atoms with Crippen molar-refractivity contribution in [3.05, 3.63) is 75.4 Å². The number of nitrogens with zero attached hydrogens (tertiary/aromatic N) is 7. The largest absolute Gasteiger partial charge is 0.351 e. The van der Waals surface area contributed by atoms with Crippen LogP contribution in [0.25, 0.3) is 4.85 Å². The molecule has 2 fully saturated rings. The zero-order valence-corrected chi connectivity index (χ0v) is 28.8. The summed E-state index contributed by atoms with van der Waals surface area (Å²) >= 11 is 0. The molecule has 4 heterocycles. The van der Waals surface area contributed by atoms with Crippen LogP contribution in [0.1, 0.15) is 75.5 Å². The molecule has 0 saturated carbocycles. The number of fused-ring (bicyclic) bond motifs is 2. The molecule has 5 rings (SSSR count). The number of ether oxygens (including phenoxy) is 1. The van der Waals surface area contributed by atoms with Crippen LogP contribution in [0.2, 0.25) is 0 Å². The van der Waals surface area contributed by atoms with Crippen LogP contribution >= 0.6 is 8.53 Å². The number of amides is 1. The highest BCUT2D eigenvalue weighted by atomic mass is 31.2. The molecule has 0 aliphatic carbocycles. The van der Waals surface area contributed by atoms with Gasteiger partial charge in [-0.1, -0.05) is 25.1 Å². The molecule has 2 saturated heterocycles. The fraction of sp³-hybridized carbons (Fsp3) is 0.562. The number of carbonyl (C=O) groups excluding carboxylic acids is 1. The van der Waals surface area contributed by atoms with Gasteiger partial charge in [0.25, 0.3) is 20.4 Å². The summed E-state index contributed by atoms with van der Waals surface area (Å²) in [6.45, 7) is 22.1. The number of hydrogen-bond donors (Lipinski definition) is 1. The highest BCUT2D eigenvalue weighted by Crippen LogP contribution is 2.56. The van der Waals surface area contributed by atoms with E-state index in [9.17, 15) is 9.59 Å². The second-order valence-electron chi connectivity index (χ2n) is 12.3. The van der Waals surface area contributed by atoms with Gasteiger partial charge in [0.2, 0.25) is 12.4 Å². The van der Waals surface area contributed by atoms with Gasteiger partial charge in [-0.15, -0.1) is 0 Å². The Morgan fingerprint density at radius 1 is 1.21 bits per heavy atom. The molecule has 1 N–H and O–H groups in total. The summed E-state index contributed by atoms with van der Waals surface area (Å²) in [5.74, 6) is 0.582. The Morgan fingerprint density at radius 2 is 1.94 bits per heavy atom. The third-order valence-electron chi connectivity index (χ3n) is 8.52. The summed E-state index contributed by atoms with van der Waals surface area (Å²) < 4.78 is 29.3. The molecule has 3 aromatic rings. The minimum absolute atomic E-state index is 0.0913. The molecule has 2 aromatic heterocycles. The SMILES string of the molecule is [C-]#[N+]CCOP(O[C@H]1[C@@H]2[C@H](n3cc(C)c(NC(=O)c4ccccc4)nc3=O)O[C@@]1(CC)CCN2c1noc(C)n1)N(C(C)C)C(C)C. The van der Waals surface area contributed by atoms with Gasteiger partial charge in [-0.25, -0.2) is 16.0 Å². The van der Waals surface area contributed by atoms with Crippen LogP contribution in [0.15, 0.2) is 45.8 Å². The number of anilines is 2. The number of rotatable bonds is 13. The molecule has 2 aliphatic rings. The first kappa shape index (κ1) is 34.6. The number of hydrogen-bond acceptors (Lipinski definition) is 11. The molecule has 14 nitrogen and oxygen atoms in total. The van der Waals surface area contributed by atoms with Crippen molar-refractivity contribution in [3.8, 4) is 0 Å². The summed E-state index contributed by atoms with van der Waals surface area (Å²) in [4.78, 5) is 40.9. The Morgan fingerprint density at radius 3 is 2.55 bits per heavy atom. The van der Waals surface area contributed by atoms with E-state index >= 15 is 0 Å². The average Bonchev–Trinajstić information content (AvgIpc) is 3.55. The van der Waals surface area contributed by atoms with E-state index in [1.807, 2.05) is 17.9 Å². The van der Waals surface area contributed by atoms with Crippen molar-refractivity contribution < 1.29 is 23.1 Å². The topological polar surface area (TPSA) is 141 Å². The second kappa shape index (κ2) is 14.6. The Labute approximate surface area is 276 Å². The Bertz CT molecular complexity index is 1630. The molecule has 1 unspecified atom stereocenters. The molecule has 0 spiro atoms. The van der Waals surface area contributed by atoms with Crippen LogP contribution in [0.4, 0.5) is 11.8 Å². The quantitative estimate of drug-likeness (QED) is 0.148. The standard InChI is InChI=1S/C32H43N8O6P/c1-9-32-15-17-38(30-34-23(7)45-37-30)25(26(32)46-47(43-18-16-33-8)40(20(2)3)21(4)5)29(44-32)39-19-22(6)27(36-31(39)42)35-28(41)24-13-11-10-12-14-24/h10-14,19-21,25-26,29H,9,15-18H2,1-7H3,(H,35,36,41,42)/t25-,26+,29-,32+,47?/m1/s1. The van der Waals surface area contributed by atoms with Crippen LogP contribution < -0.4 is 15.9 Å². The molecule has 47 heavy (non-hydrogen) atoms. The normalized spacial score (nSPS) is 23.0. The number of piperidine rings is 1. The predicted molar refractivity (Wildman–Crippen MR) is 177 cm³/mol. The van der Waals surface area contributed by atoms with E-state index < -0.39 is 38.2 Å². The minimum Gasteiger partial charge on any atom is -0.346 e. The zero-order valence-electron chi connectivity index (χ0n) is 27.9. The van der Waals surface area contributed by atoms with Crippen molar-refractivity contribution in [1.29, 1.82) is 0 Å². The van der Waals surface area contributed by atoms with Crippen molar-refractivity contribution >= 4 is 26.2 Å². The van der Waals surface area contributed by atoms with E-state index in [4.69, 9.17) is 24.9 Å². The smallest absolute Gasteiger partial charge is 0.346 e. The average molecular weight is 667 g/mol. The van der Waals surface area contributed by atoms with Crippen molar-refractivity contribution in [2.75, 3.05) is 29.9 Å². The third-order valence-corrected chi connectivity index (χ3v) is 10.6. The number of aromatic nitrogens is 4. The van der Waals surface area contributed by atoms with Gasteiger partial charge in [0.05, 0.1) is 0 Å². The zero-order chi connectivity index (χ0) is 33.9. The molecule has 252 valence electrons. The lowest BCUT2D eigenvalue weighted by atomic mass is 9.84. The number of nitrogens with one attached hydrogen (secondary N) is 1. The van der Waals surface area contributed by atoms with Gasteiger partial charge in [-0.05, 0) is 64.7 Å². The second-order valence-corrected chi connectivity index (χ2v) is 13.7. The first-order valence-electron chi connectivity index (χ1n) is 15.9. The number of aryl methyl sites for hydroxylation is 2. The van der Waals surface area contributed by atoms with Crippen LogP contribution in [0.5, 0.6) is 0 Å². The molecular formula is C32H43N8O6P. The van der Waals surface area contributed by atoms with Gasteiger partial charge in [0.1, 0.15) is 30.2 Å². The molecule has 1 aromatic carbocycles. The van der Waals surface area contributed by atoms with Crippen molar-refractivity contribution in [2.45, 2.75) is 97.4 Å². The third kappa shape index (κ3) is 7.10. The van der Waals surface area contributed by atoms with Gasteiger partial charge >= 0.3 is 5.69 Å². The van der Waals surface area contributed by atoms with Gasteiger partial charge in [-0.3, -0.25) is 9.36 Å². The van der Waals surface area contributed by atoms with Crippen molar-refractivity contribution in [3.63, 3.8) is 0 Å². The van der Waals surface area contributed by atoms with Gasteiger partial charge < -0.3 is 33.4 Å². The Kier molecular flexibility index (Phi) is 10.7. The van der Waals surface area contributed by atoms with Crippen molar-refractivity contribution in [2.24, 2.45) is 0 Å². The van der Waals surface area contributed by atoms with E-state index in [2.05, 4.69) is 57.7 Å². The summed E-state index contributed by atoms with van der Waals surface area (Å²) in [7, 11) is -1.64. The first-order chi connectivity index (χ1) is 22.5. The summed E-state index contributed by atoms with van der Waals surface area (Å²) in [6, 6.07) is 8.36. The summed E-state index contributed by atoms with van der Waals surface area (Å²) in [5.41, 5.74) is -0.331. The van der Waals surface area contributed by atoms with Crippen LogP contribution in [-0.4, -0.2) is 79.8 Å². The fourth-order valence-electron chi connectivity index (χ4n) is 6.33. The van der Waals surface area contributed by atoms with E-state index in [1.165, 1.54) is 4.57 Å². The Hall–Kier alpha value is -3.73. The molecule has 15 heteroatoms. The molecule has 0 radical (unpaired) electrons. The lowest BCUT2D eigenvalue weighted by molar-refractivity contribution is -0.104. The van der Waals surface area contributed by atoms with E-state index in [0.717, 1.165) is 0 Å².